The molecule has 1 aromatic heterocycles. The van der Waals surface area contributed by atoms with Gasteiger partial charge in [-0.3, -0.25) is 4.68 Å². The fourth-order valence-electron chi connectivity index (χ4n) is 1.79. The largest absolute Gasteiger partial charge is 0.458 e. The van der Waals surface area contributed by atoms with Crippen molar-refractivity contribution in [2.75, 3.05) is 11.9 Å². The van der Waals surface area contributed by atoms with Crippen LogP contribution in [-0.2, 0) is 21.8 Å². The van der Waals surface area contributed by atoms with Gasteiger partial charge in [-0.25, -0.2) is 4.31 Å². The molecule has 3 rings (SSSR count). The van der Waals surface area contributed by atoms with Crippen molar-refractivity contribution in [1.29, 1.82) is 0 Å². The summed E-state index contributed by atoms with van der Waals surface area (Å²) in [4.78, 5) is 4.16. The number of rotatable bonds is 1. The highest BCUT2D eigenvalue weighted by Crippen LogP contribution is 2.34. The van der Waals surface area contributed by atoms with E-state index in [1.165, 1.54) is 4.68 Å². The van der Waals surface area contributed by atoms with Gasteiger partial charge in [-0.05, 0) is 0 Å². The molecule has 9 heteroatoms. The summed E-state index contributed by atoms with van der Waals surface area (Å²) in [5.41, 5.74) is 0.328. The predicted octanol–water partition coefficient (Wildman–Crippen LogP) is 0.206. The molecule has 3 heterocycles. The summed E-state index contributed by atoms with van der Waals surface area (Å²) < 4.78 is 32.5. The molecule has 1 saturated heterocycles. The van der Waals surface area contributed by atoms with Crippen LogP contribution in [0.1, 0.15) is 0 Å². The zero-order chi connectivity index (χ0) is 12.2. The molecule has 17 heavy (non-hydrogen) atoms. The standard InChI is InChI=1S/C8H9BrN4O3S/c1-12-4-6-7(11-12)17(14,15)13-3-5(2-9)16-8(13)10-6/h4-5H,2-3H2,1H3. The first kappa shape index (κ1) is 11.0. The number of fused-ring (bicyclic) bond motifs is 2. The molecular weight excluding hydrogens is 312 g/mol. The third-order valence-electron chi connectivity index (χ3n) is 2.55. The summed E-state index contributed by atoms with van der Waals surface area (Å²) in [6.07, 6.45) is 1.35. The fraction of sp³-hybridized carbons (Fsp3) is 0.500. The zero-order valence-electron chi connectivity index (χ0n) is 8.87. The van der Waals surface area contributed by atoms with E-state index in [0.29, 0.717) is 11.0 Å². The van der Waals surface area contributed by atoms with Gasteiger partial charge in [-0.1, -0.05) is 15.9 Å². The average Bonchev–Trinajstić information content (AvgIpc) is 2.82. The summed E-state index contributed by atoms with van der Waals surface area (Å²) in [7, 11) is -1.96. The Morgan fingerprint density at radius 2 is 2.41 bits per heavy atom. The van der Waals surface area contributed by atoms with Crippen molar-refractivity contribution in [2.24, 2.45) is 12.0 Å². The van der Waals surface area contributed by atoms with E-state index in [1.54, 1.807) is 13.2 Å². The second kappa shape index (κ2) is 3.45. The van der Waals surface area contributed by atoms with E-state index < -0.39 is 10.0 Å². The van der Waals surface area contributed by atoms with Crippen LogP contribution in [0.2, 0.25) is 0 Å². The van der Waals surface area contributed by atoms with Gasteiger partial charge >= 0.3 is 6.02 Å². The number of alkyl halides is 1. The first-order valence-electron chi connectivity index (χ1n) is 4.90. The SMILES string of the molecule is Cn1cc2c(n1)S(=O)(=O)N1CC(CBr)OC1=N2. The normalized spacial score (nSPS) is 24.9. The van der Waals surface area contributed by atoms with Gasteiger partial charge in [0.05, 0.1) is 12.7 Å². The number of ether oxygens (including phenoxy) is 1. The number of aliphatic imine (C=N–C) groups is 1. The molecule has 7 nitrogen and oxygen atoms in total. The van der Waals surface area contributed by atoms with Gasteiger partial charge in [0.15, 0.2) is 0 Å². The Kier molecular flexibility index (Phi) is 2.24. The van der Waals surface area contributed by atoms with Crippen LogP contribution in [0.15, 0.2) is 16.2 Å². The highest BCUT2D eigenvalue weighted by atomic mass is 79.9. The molecule has 0 aromatic carbocycles. The van der Waals surface area contributed by atoms with E-state index in [-0.39, 0.29) is 23.7 Å². The number of nitrogens with zero attached hydrogens (tertiary/aromatic N) is 4. The van der Waals surface area contributed by atoms with Crippen LogP contribution in [0.3, 0.4) is 0 Å². The molecule has 0 radical (unpaired) electrons. The minimum atomic E-state index is -3.62. The van der Waals surface area contributed by atoms with Crippen LogP contribution in [0.4, 0.5) is 5.69 Å². The number of halogens is 1. The van der Waals surface area contributed by atoms with Gasteiger partial charge in [0.1, 0.15) is 11.8 Å². The van der Waals surface area contributed by atoms with E-state index in [4.69, 9.17) is 4.74 Å². The molecule has 0 aliphatic carbocycles. The van der Waals surface area contributed by atoms with Gasteiger partial charge in [0.2, 0.25) is 5.03 Å². The molecule has 0 N–H and O–H groups in total. The molecule has 0 spiro atoms. The van der Waals surface area contributed by atoms with Crippen molar-refractivity contribution in [3.8, 4) is 0 Å². The Bertz CT molecular complexity index is 608. The van der Waals surface area contributed by atoms with E-state index in [9.17, 15) is 8.42 Å². The van der Waals surface area contributed by atoms with Crippen molar-refractivity contribution >= 4 is 37.7 Å². The summed E-state index contributed by atoms with van der Waals surface area (Å²) in [6, 6.07) is 0.134. The predicted molar refractivity (Wildman–Crippen MR) is 62.9 cm³/mol. The van der Waals surface area contributed by atoms with Crippen molar-refractivity contribution in [1.82, 2.24) is 14.1 Å². The van der Waals surface area contributed by atoms with Gasteiger partial charge in [-0.15, -0.1) is 0 Å². The van der Waals surface area contributed by atoms with Crippen LogP contribution < -0.4 is 0 Å². The van der Waals surface area contributed by atoms with Crippen molar-refractivity contribution < 1.29 is 13.2 Å². The summed E-state index contributed by atoms with van der Waals surface area (Å²) in [6.45, 7) is 0.266. The second-order valence-electron chi connectivity index (χ2n) is 3.82. The summed E-state index contributed by atoms with van der Waals surface area (Å²) in [5.74, 6) is 0. The number of hydrogen-bond acceptors (Lipinski definition) is 5. The van der Waals surface area contributed by atoms with Crippen molar-refractivity contribution in [2.45, 2.75) is 11.1 Å². The molecule has 1 atom stereocenters. The minimum Gasteiger partial charge on any atom is -0.458 e. The van der Waals surface area contributed by atoms with E-state index in [2.05, 4.69) is 26.0 Å². The molecule has 2 aliphatic heterocycles. The lowest BCUT2D eigenvalue weighted by molar-refractivity contribution is 0.258. The highest BCUT2D eigenvalue weighted by molar-refractivity contribution is 9.09. The van der Waals surface area contributed by atoms with Crippen LogP contribution in [0.25, 0.3) is 0 Å². The smallest absolute Gasteiger partial charge is 0.307 e. The minimum absolute atomic E-state index is 0.0115. The van der Waals surface area contributed by atoms with Gasteiger partial charge in [0.25, 0.3) is 10.0 Å². The summed E-state index contributed by atoms with van der Waals surface area (Å²) >= 11 is 3.26. The topological polar surface area (TPSA) is 76.8 Å². The Morgan fingerprint density at radius 1 is 1.65 bits per heavy atom. The molecule has 1 unspecified atom stereocenters. The zero-order valence-corrected chi connectivity index (χ0v) is 11.3. The van der Waals surface area contributed by atoms with Crippen LogP contribution in [0, 0.1) is 0 Å². The van der Waals surface area contributed by atoms with Crippen molar-refractivity contribution in [3.05, 3.63) is 6.20 Å². The maximum atomic E-state index is 12.2. The number of hydrogen-bond donors (Lipinski definition) is 0. The molecule has 0 saturated carbocycles. The Hall–Kier alpha value is -1.09. The molecule has 1 aromatic rings. The molecule has 1 fully saturated rings. The lowest BCUT2D eigenvalue weighted by atomic mass is 10.4. The summed E-state index contributed by atoms with van der Waals surface area (Å²) in [5, 5.41) is 4.48. The van der Waals surface area contributed by atoms with E-state index >= 15 is 0 Å². The highest BCUT2D eigenvalue weighted by Gasteiger charge is 2.44. The van der Waals surface area contributed by atoms with E-state index in [0.717, 1.165) is 4.31 Å². The lowest BCUT2D eigenvalue weighted by Crippen LogP contribution is -2.35. The molecular formula is C8H9BrN4O3S. The molecule has 92 valence electrons. The third-order valence-corrected chi connectivity index (χ3v) is 4.94. The number of amidine groups is 1. The quantitative estimate of drug-likeness (QED) is 0.693. The second-order valence-corrected chi connectivity index (χ2v) is 6.24. The fourth-order valence-corrected chi connectivity index (χ4v) is 3.59. The maximum Gasteiger partial charge on any atom is 0.307 e. The molecule has 2 aliphatic rings. The maximum absolute atomic E-state index is 12.2. The Labute approximate surface area is 106 Å². The van der Waals surface area contributed by atoms with Crippen LogP contribution in [-0.4, -0.2) is 46.5 Å². The molecule has 0 bridgehead atoms. The van der Waals surface area contributed by atoms with Crippen LogP contribution >= 0.6 is 15.9 Å². The van der Waals surface area contributed by atoms with Gasteiger partial charge in [0, 0.05) is 12.4 Å². The third kappa shape index (κ3) is 1.48. The van der Waals surface area contributed by atoms with Crippen molar-refractivity contribution in [3.63, 3.8) is 0 Å². The Balaban J connectivity index is 2.15. The first-order valence-corrected chi connectivity index (χ1v) is 7.46. The first-order chi connectivity index (χ1) is 8.02. The van der Waals surface area contributed by atoms with Gasteiger partial charge in [-0.2, -0.15) is 18.5 Å². The van der Waals surface area contributed by atoms with E-state index in [1.807, 2.05) is 0 Å². The Morgan fingerprint density at radius 3 is 3.12 bits per heavy atom. The number of aryl methyl sites for hydroxylation is 1. The number of aromatic nitrogens is 2. The average molecular weight is 321 g/mol. The monoisotopic (exact) mass is 320 g/mol. The molecule has 0 amide bonds. The van der Waals surface area contributed by atoms with Crippen LogP contribution in [0.5, 0.6) is 0 Å². The lowest BCUT2D eigenvalue weighted by Gasteiger charge is -2.18. The van der Waals surface area contributed by atoms with Gasteiger partial charge < -0.3 is 4.74 Å². The number of sulfonamides is 1.